The van der Waals surface area contributed by atoms with Gasteiger partial charge in [-0.1, -0.05) is 17.7 Å². The Labute approximate surface area is 176 Å². The summed E-state index contributed by atoms with van der Waals surface area (Å²) < 4.78 is 48.7. The molecular weight excluding hydrogens is 417 g/mol. The molecule has 0 N–H and O–H groups in total. The number of pyridine rings is 2. The summed E-state index contributed by atoms with van der Waals surface area (Å²) in [4.78, 5) is 8.14. The van der Waals surface area contributed by atoms with Crippen molar-refractivity contribution in [3.63, 3.8) is 0 Å². The molecule has 0 atom stereocenters. The molecule has 4 nitrogen and oxygen atoms in total. The lowest BCUT2D eigenvalue weighted by atomic mass is 10.1. The van der Waals surface area contributed by atoms with Crippen LogP contribution in [0.2, 0.25) is 5.02 Å². The zero-order valence-electron chi connectivity index (χ0n) is 16.4. The van der Waals surface area contributed by atoms with E-state index in [0.717, 1.165) is 22.7 Å². The molecule has 156 valence electrons. The maximum absolute atomic E-state index is 12.8. The minimum absolute atomic E-state index is 0.0724. The van der Waals surface area contributed by atoms with Gasteiger partial charge in [-0.2, -0.15) is 13.2 Å². The van der Waals surface area contributed by atoms with Crippen molar-refractivity contribution in [2.45, 2.75) is 13.1 Å². The number of aryl methyl sites for hydroxylation is 1. The Hall–Kier alpha value is -3.06. The van der Waals surface area contributed by atoms with Crippen LogP contribution < -0.4 is 9.47 Å². The van der Waals surface area contributed by atoms with Gasteiger partial charge in [0.05, 0.1) is 30.8 Å². The Morgan fingerprint density at radius 3 is 2.30 bits per heavy atom. The fourth-order valence-corrected chi connectivity index (χ4v) is 3.18. The molecule has 0 fully saturated rings. The van der Waals surface area contributed by atoms with Crippen LogP contribution in [0.3, 0.4) is 0 Å². The maximum atomic E-state index is 12.8. The quantitative estimate of drug-likeness (QED) is 0.363. The average molecular weight is 435 g/mol. The largest absolute Gasteiger partial charge is 0.496 e. The summed E-state index contributed by atoms with van der Waals surface area (Å²) in [5.41, 5.74) is 0.534. The Kier molecular flexibility index (Phi) is 6.31. The van der Waals surface area contributed by atoms with E-state index in [9.17, 15) is 13.2 Å². The van der Waals surface area contributed by atoms with E-state index in [1.54, 1.807) is 32.4 Å². The van der Waals surface area contributed by atoms with Crippen molar-refractivity contribution in [3.8, 4) is 11.5 Å². The number of alkyl halides is 3. The summed E-state index contributed by atoms with van der Waals surface area (Å²) in [6.07, 6.45) is -2.71. The first-order valence-electron chi connectivity index (χ1n) is 8.84. The molecule has 4 aromatic rings. The molecule has 8 heteroatoms. The van der Waals surface area contributed by atoms with Crippen LogP contribution in [0, 0.1) is 6.92 Å². The number of halogens is 4. The van der Waals surface area contributed by atoms with Gasteiger partial charge in [0.1, 0.15) is 11.5 Å². The summed E-state index contributed by atoms with van der Waals surface area (Å²) in [5.74, 6) is 1.22. The maximum Gasteiger partial charge on any atom is 0.418 e. The van der Waals surface area contributed by atoms with Crippen LogP contribution >= 0.6 is 11.6 Å². The molecule has 2 aromatic heterocycles. The van der Waals surface area contributed by atoms with Gasteiger partial charge in [0.25, 0.3) is 0 Å². The molecule has 0 saturated carbocycles. The third kappa shape index (κ3) is 4.57. The van der Waals surface area contributed by atoms with Crippen LogP contribution in [0.4, 0.5) is 13.2 Å². The van der Waals surface area contributed by atoms with Crippen molar-refractivity contribution in [2.24, 2.45) is 0 Å². The molecule has 0 aliphatic heterocycles. The SMILES string of the molecule is COc1cc(C)nc2c(C(F)(F)F)cccc12.COc1ccnc2cc(Cl)ccc12. The molecule has 0 radical (unpaired) electrons. The van der Waals surface area contributed by atoms with Crippen LogP contribution in [0.5, 0.6) is 11.5 Å². The Bertz CT molecular complexity index is 1200. The van der Waals surface area contributed by atoms with Gasteiger partial charge in [-0.15, -0.1) is 0 Å². The number of hydrogen-bond acceptors (Lipinski definition) is 4. The van der Waals surface area contributed by atoms with Crippen molar-refractivity contribution in [1.29, 1.82) is 0 Å². The van der Waals surface area contributed by atoms with E-state index in [1.165, 1.54) is 13.2 Å². The summed E-state index contributed by atoms with van der Waals surface area (Å²) >= 11 is 5.83. The Morgan fingerprint density at radius 1 is 0.900 bits per heavy atom. The molecule has 0 unspecified atom stereocenters. The Morgan fingerprint density at radius 2 is 1.63 bits per heavy atom. The van der Waals surface area contributed by atoms with Crippen LogP contribution in [0.15, 0.2) is 54.7 Å². The smallest absolute Gasteiger partial charge is 0.418 e. The second-order valence-electron chi connectivity index (χ2n) is 6.34. The highest BCUT2D eigenvalue weighted by Crippen LogP contribution is 2.36. The lowest BCUT2D eigenvalue weighted by Gasteiger charge is -2.12. The number of ether oxygens (including phenoxy) is 2. The van der Waals surface area contributed by atoms with E-state index in [4.69, 9.17) is 21.1 Å². The monoisotopic (exact) mass is 434 g/mol. The second kappa shape index (κ2) is 8.75. The number of rotatable bonds is 2. The molecular formula is C22H18ClF3N2O2. The Balaban J connectivity index is 0.000000177. The standard InChI is InChI=1S/C12H10F3NO.C10H8ClNO/c1-7-6-10(17-2)8-4-3-5-9(11(8)16-7)12(13,14)15;1-13-10-4-5-12-9-6-7(11)2-3-8(9)10/h3-6H,1-2H3;2-6H,1H3. The molecule has 0 amide bonds. The van der Waals surface area contributed by atoms with Gasteiger partial charge in [-0.3, -0.25) is 9.97 Å². The van der Waals surface area contributed by atoms with Gasteiger partial charge in [0, 0.05) is 33.8 Å². The molecule has 2 aromatic carbocycles. The summed E-state index contributed by atoms with van der Waals surface area (Å²) in [7, 11) is 3.07. The highest BCUT2D eigenvalue weighted by atomic mass is 35.5. The molecule has 0 aliphatic rings. The second-order valence-corrected chi connectivity index (χ2v) is 6.78. The topological polar surface area (TPSA) is 44.2 Å². The fraction of sp³-hybridized carbons (Fsp3) is 0.182. The number of benzene rings is 2. The number of methoxy groups -OCH3 is 2. The lowest BCUT2D eigenvalue weighted by Crippen LogP contribution is -2.07. The molecule has 2 heterocycles. The highest BCUT2D eigenvalue weighted by molar-refractivity contribution is 6.31. The molecule has 30 heavy (non-hydrogen) atoms. The van der Waals surface area contributed by atoms with Gasteiger partial charge in [-0.05, 0) is 43.3 Å². The van der Waals surface area contributed by atoms with Crippen LogP contribution in [-0.2, 0) is 6.18 Å². The molecule has 0 bridgehead atoms. The number of fused-ring (bicyclic) bond motifs is 2. The van der Waals surface area contributed by atoms with Crippen molar-refractivity contribution in [2.75, 3.05) is 14.2 Å². The summed E-state index contributed by atoms with van der Waals surface area (Å²) in [5, 5.41) is 2.04. The van der Waals surface area contributed by atoms with Gasteiger partial charge in [-0.25, -0.2) is 0 Å². The molecule has 4 rings (SSSR count). The number of hydrogen-bond donors (Lipinski definition) is 0. The lowest BCUT2D eigenvalue weighted by molar-refractivity contribution is -0.136. The first kappa shape index (κ1) is 21.6. The first-order valence-corrected chi connectivity index (χ1v) is 9.22. The predicted octanol–water partition coefficient (Wildman–Crippen LogP) is 6.47. The minimum Gasteiger partial charge on any atom is -0.496 e. The first-order chi connectivity index (χ1) is 14.2. The van der Waals surface area contributed by atoms with Crippen molar-refractivity contribution in [3.05, 3.63) is 71.0 Å². The zero-order valence-corrected chi connectivity index (χ0v) is 17.2. The van der Waals surface area contributed by atoms with Crippen LogP contribution in [0.1, 0.15) is 11.3 Å². The van der Waals surface area contributed by atoms with Crippen molar-refractivity contribution < 1.29 is 22.6 Å². The zero-order chi connectivity index (χ0) is 21.9. The predicted molar refractivity (Wildman–Crippen MR) is 111 cm³/mol. The van der Waals surface area contributed by atoms with Crippen molar-refractivity contribution in [1.82, 2.24) is 9.97 Å². The molecule has 0 aliphatic carbocycles. The number of nitrogens with zero attached hydrogens (tertiary/aromatic N) is 2. The fourth-order valence-electron chi connectivity index (χ4n) is 3.01. The third-order valence-corrected chi connectivity index (χ3v) is 4.57. The van der Waals surface area contributed by atoms with Gasteiger partial charge in [0.15, 0.2) is 0 Å². The number of aromatic nitrogens is 2. The van der Waals surface area contributed by atoms with E-state index >= 15 is 0 Å². The van der Waals surface area contributed by atoms with E-state index < -0.39 is 11.7 Å². The third-order valence-electron chi connectivity index (χ3n) is 4.34. The minimum atomic E-state index is -4.41. The van der Waals surface area contributed by atoms with E-state index in [-0.39, 0.29) is 5.52 Å². The average Bonchev–Trinajstić information content (AvgIpc) is 2.71. The van der Waals surface area contributed by atoms with Gasteiger partial charge >= 0.3 is 6.18 Å². The van der Waals surface area contributed by atoms with Crippen LogP contribution in [-0.4, -0.2) is 24.2 Å². The van der Waals surface area contributed by atoms with Gasteiger partial charge < -0.3 is 9.47 Å². The number of para-hydroxylation sites is 1. The summed E-state index contributed by atoms with van der Waals surface area (Å²) in [6.45, 7) is 1.63. The van der Waals surface area contributed by atoms with Crippen molar-refractivity contribution >= 4 is 33.4 Å². The molecule has 0 saturated heterocycles. The van der Waals surface area contributed by atoms with Crippen LogP contribution in [0.25, 0.3) is 21.8 Å². The van der Waals surface area contributed by atoms with E-state index in [2.05, 4.69) is 9.97 Å². The normalized spacial score (nSPS) is 11.2. The van der Waals surface area contributed by atoms with E-state index in [1.807, 2.05) is 24.3 Å². The van der Waals surface area contributed by atoms with E-state index in [0.29, 0.717) is 21.9 Å². The van der Waals surface area contributed by atoms with Gasteiger partial charge in [0.2, 0.25) is 0 Å². The molecule has 0 spiro atoms. The highest BCUT2D eigenvalue weighted by Gasteiger charge is 2.33. The summed E-state index contributed by atoms with van der Waals surface area (Å²) in [6, 6.07) is 12.9.